The van der Waals surface area contributed by atoms with E-state index in [1.54, 1.807) is 0 Å². The molecule has 0 aromatic heterocycles. The number of unbranched alkanes of at least 4 members (excludes halogenated alkanes) is 11. The standard InChI is InChI=1S/C48H82NO8P/c1-6-8-10-12-14-16-18-20-22-23-24-25-27-29-31-33-35-37-39-41-48(51)57-46(45-56-58(52,53)55-43-42-49(3,4)5)44-54-47(50)40-38-36-34-32-30-28-26-21-19-17-15-13-11-9-7-2/h8,10,14,16-17,19-20,22,24-25,29,31,35,37,46H,6-7,9,11-13,15,18,21,23,26-28,30,32-34,36,38-45H2,1-5H3/p+1/b10-8-,16-14-,19-17-,22-20-,25-24-,31-29-,37-35-/t46-/m1/s1. The van der Waals surface area contributed by atoms with Crippen LogP contribution >= 0.6 is 7.82 Å². The van der Waals surface area contributed by atoms with Crippen molar-refractivity contribution in [2.24, 2.45) is 0 Å². The summed E-state index contributed by atoms with van der Waals surface area (Å²) in [6.45, 7) is 4.18. The fraction of sp³-hybridized carbons (Fsp3) is 0.667. The van der Waals surface area contributed by atoms with Crippen molar-refractivity contribution in [2.45, 2.75) is 161 Å². The van der Waals surface area contributed by atoms with Gasteiger partial charge in [-0.15, -0.1) is 0 Å². The van der Waals surface area contributed by atoms with Gasteiger partial charge in [-0.05, 0) is 77.0 Å². The second-order valence-electron chi connectivity index (χ2n) is 15.7. The van der Waals surface area contributed by atoms with Crippen LogP contribution in [0.25, 0.3) is 0 Å². The van der Waals surface area contributed by atoms with Crippen LogP contribution in [0.5, 0.6) is 0 Å². The quantitative estimate of drug-likeness (QED) is 0.0214. The van der Waals surface area contributed by atoms with Gasteiger partial charge in [0.25, 0.3) is 0 Å². The summed E-state index contributed by atoms with van der Waals surface area (Å²) >= 11 is 0. The van der Waals surface area contributed by atoms with Gasteiger partial charge in [-0.2, -0.15) is 0 Å². The lowest BCUT2D eigenvalue weighted by atomic mass is 10.1. The smallest absolute Gasteiger partial charge is 0.462 e. The Morgan fingerprint density at radius 2 is 1.02 bits per heavy atom. The van der Waals surface area contributed by atoms with Crippen LogP contribution in [0.3, 0.4) is 0 Å². The van der Waals surface area contributed by atoms with Crippen molar-refractivity contribution in [1.29, 1.82) is 0 Å². The van der Waals surface area contributed by atoms with Crippen LogP contribution in [-0.4, -0.2) is 74.9 Å². The zero-order valence-corrected chi connectivity index (χ0v) is 38.1. The number of hydrogen-bond acceptors (Lipinski definition) is 7. The second kappa shape index (κ2) is 39.6. The molecular weight excluding hydrogens is 750 g/mol. The molecule has 9 nitrogen and oxygen atoms in total. The van der Waals surface area contributed by atoms with Gasteiger partial charge in [-0.25, -0.2) is 4.57 Å². The van der Waals surface area contributed by atoms with Crippen LogP contribution in [0.15, 0.2) is 85.1 Å². The Labute approximate surface area is 354 Å². The zero-order chi connectivity index (χ0) is 42.8. The van der Waals surface area contributed by atoms with Crippen molar-refractivity contribution in [3.8, 4) is 0 Å². The van der Waals surface area contributed by atoms with E-state index >= 15 is 0 Å². The summed E-state index contributed by atoms with van der Waals surface area (Å²) in [5, 5.41) is 0. The molecule has 0 bridgehead atoms. The average Bonchev–Trinajstić information content (AvgIpc) is 3.17. The zero-order valence-electron chi connectivity index (χ0n) is 37.2. The molecule has 0 radical (unpaired) electrons. The molecule has 0 rings (SSSR count). The predicted octanol–water partition coefficient (Wildman–Crippen LogP) is 12.8. The fourth-order valence-electron chi connectivity index (χ4n) is 5.44. The lowest BCUT2D eigenvalue weighted by Crippen LogP contribution is -2.37. The van der Waals surface area contributed by atoms with Crippen LogP contribution in [0.2, 0.25) is 0 Å². The van der Waals surface area contributed by atoms with E-state index in [0.29, 0.717) is 17.4 Å². The molecule has 0 spiro atoms. The number of likely N-dealkylation sites (N-methyl/N-ethyl adjacent to an activating group) is 1. The van der Waals surface area contributed by atoms with Crippen LogP contribution in [-0.2, 0) is 32.7 Å². The topological polar surface area (TPSA) is 108 Å². The number of carbonyl (C=O) groups is 2. The number of carbonyl (C=O) groups excluding carboxylic acids is 2. The predicted molar refractivity (Wildman–Crippen MR) is 242 cm³/mol. The van der Waals surface area contributed by atoms with E-state index in [2.05, 4.69) is 86.8 Å². The third-order valence-corrected chi connectivity index (χ3v) is 9.91. The summed E-state index contributed by atoms with van der Waals surface area (Å²) in [6.07, 6.45) is 50.7. The van der Waals surface area contributed by atoms with E-state index < -0.39 is 32.5 Å². The highest BCUT2D eigenvalue weighted by atomic mass is 31.2. The van der Waals surface area contributed by atoms with Crippen LogP contribution in [0, 0.1) is 0 Å². The van der Waals surface area contributed by atoms with Crippen LogP contribution < -0.4 is 0 Å². The number of quaternary nitrogens is 1. The minimum absolute atomic E-state index is 0.0132. The summed E-state index contributed by atoms with van der Waals surface area (Å²) in [5.74, 6) is -0.909. The first-order valence-electron chi connectivity index (χ1n) is 22.3. The number of ether oxygens (including phenoxy) is 2. The number of rotatable bonds is 39. The molecule has 0 saturated carbocycles. The Balaban J connectivity index is 4.51. The number of phosphoric acid groups is 1. The lowest BCUT2D eigenvalue weighted by Gasteiger charge is -2.24. The first kappa shape index (κ1) is 55.2. The largest absolute Gasteiger partial charge is 0.472 e. The van der Waals surface area contributed by atoms with Crippen molar-refractivity contribution in [2.75, 3.05) is 47.5 Å². The Morgan fingerprint density at radius 3 is 1.53 bits per heavy atom. The SMILES string of the molecule is CC/C=C\C/C=C\C/C=C\C/C=C\C/C=C\C/C=C\CCC(=O)O[C@H](COC(=O)CCCCCCCCC/C=C\CCCCCC)COP(=O)(O)OCC[N+](C)(C)C. The first-order chi connectivity index (χ1) is 28.0. The summed E-state index contributed by atoms with van der Waals surface area (Å²) in [7, 11) is 1.41. The van der Waals surface area contributed by atoms with Crippen molar-refractivity contribution >= 4 is 19.8 Å². The summed E-state index contributed by atoms with van der Waals surface area (Å²) in [4.78, 5) is 35.3. The average molecular weight is 833 g/mol. The lowest BCUT2D eigenvalue weighted by molar-refractivity contribution is -0.870. The molecule has 0 saturated heterocycles. The van der Waals surface area contributed by atoms with E-state index in [-0.39, 0.29) is 26.1 Å². The summed E-state index contributed by atoms with van der Waals surface area (Å²) in [6, 6.07) is 0. The Bertz CT molecular complexity index is 1260. The van der Waals surface area contributed by atoms with E-state index in [1.807, 2.05) is 33.3 Å². The highest BCUT2D eigenvalue weighted by Crippen LogP contribution is 2.43. The molecule has 0 aliphatic rings. The van der Waals surface area contributed by atoms with Gasteiger partial charge in [0.1, 0.15) is 19.8 Å². The molecule has 0 aliphatic carbocycles. The number of esters is 2. The minimum Gasteiger partial charge on any atom is -0.462 e. The number of nitrogens with zero attached hydrogens (tertiary/aromatic N) is 1. The van der Waals surface area contributed by atoms with E-state index in [4.69, 9.17) is 18.5 Å². The van der Waals surface area contributed by atoms with Crippen LogP contribution in [0.1, 0.15) is 155 Å². The molecule has 10 heteroatoms. The molecule has 0 fully saturated rings. The summed E-state index contributed by atoms with van der Waals surface area (Å²) < 4.78 is 34.2. The molecule has 2 atom stereocenters. The Hall–Kier alpha value is -2.81. The van der Waals surface area contributed by atoms with Gasteiger partial charge in [0.05, 0.1) is 27.7 Å². The Morgan fingerprint density at radius 1 is 0.552 bits per heavy atom. The maximum atomic E-state index is 12.7. The fourth-order valence-corrected chi connectivity index (χ4v) is 6.19. The van der Waals surface area contributed by atoms with Gasteiger partial charge in [0, 0.05) is 12.8 Å². The molecule has 0 heterocycles. The van der Waals surface area contributed by atoms with E-state index in [1.165, 1.54) is 51.4 Å². The minimum atomic E-state index is -4.40. The second-order valence-corrected chi connectivity index (χ2v) is 17.1. The number of phosphoric ester groups is 1. The molecule has 0 aliphatic heterocycles. The van der Waals surface area contributed by atoms with Crippen LogP contribution in [0.4, 0.5) is 0 Å². The van der Waals surface area contributed by atoms with Crippen molar-refractivity contribution in [3.63, 3.8) is 0 Å². The molecule has 332 valence electrons. The molecule has 58 heavy (non-hydrogen) atoms. The van der Waals surface area contributed by atoms with Crippen molar-refractivity contribution in [3.05, 3.63) is 85.1 Å². The van der Waals surface area contributed by atoms with E-state index in [9.17, 15) is 19.0 Å². The highest BCUT2D eigenvalue weighted by molar-refractivity contribution is 7.47. The van der Waals surface area contributed by atoms with Gasteiger partial charge >= 0.3 is 19.8 Å². The number of hydrogen-bond donors (Lipinski definition) is 1. The maximum absolute atomic E-state index is 12.7. The Kier molecular flexibility index (Phi) is 37.7. The third-order valence-electron chi connectivity index (χ3n) is 8.92. The van der Waals surface area contributed by atoms with E-state index in [0.717, 1.165) is 70.6 Å². The number of allylic oxidation sites excluding steroid dienone is 14. The van der Waals surface area contributed by atoms with Gasteiger partial charge < -0.3 is 18.9 Å². The maximum Gasteiger partial charge on any atom is 0.472 e. The molecule has 0 aromatic rings. The molecule has 0 amide bonds. The molecular formula is C48H83NO8P+. The van der Waals surface area contributed by atoms with Gasteiger partial charge in [0.2, 0.25) is 0 Å². The monoisotopic (exact) mass is 833 g/mol. The third kappa shape index (κ3) is 42.8. The summed E-state index contributed by atoms with van der Waals surface area (Å²) in [5.41, 5.74) is 0. The van der Waals surface area contributed by atoms with Gasteiger partial charge in [-0.1, -0.05) is 150 Å². The first-order valence-corrected chi connectivity index (χ1v) is 23.8. The highest BCUT2D eigenvalue weighted by Gasteiger charge is 2.27. The van der Waals surface area contributed by atoms with Crippen molar-refractivity contribution in [1.82, 2.24) is 0 Å². The molecule has 1 unspecified atom stereocenters. The molecule has 1 N–H and O–H groups in total. The van der Waals surface area contributed by atoms with Crippen molar-refractivity contribution < 1.29 is 42.1 Å². The van der Waals surface area contributed by atoms with Gasteiger partial charge in [0.15, 0.2) is 6.10 Å². The van der Waals surface area contributed by atoms with Gasteiger partial charge in [-0.3, -0.25) is 18.6 Å². The normalized spacial score (nSPS) is 14.4. The molecule has 0 aromatic carbocycles.